The number of nitrogens with zero attached hydrogens (tertiary/aromatic N) is 3. The van der Waals surface area contributed by atoms with Gasteiger partial charge in [-0.3, -0.25) is 9.69 Å². The molecule has 0 saturated carbocycles. The first-order valence-corrected chi connectivity index (χ1v) is 12.6. The average molecular weight is 527 g/mol. The number of furan rings is 1. The molecule has 2 heterocycles. The molecule has 1 saturated heterocycles. The third-order valence-electron chi connectivity index (χ3n) is 6.30. The summed E-state index contributed by atoms with van der Waals surface area (Å²) in [5.74, 6) is 0.0482. The lowest BCUT2D eigenvalue weighted by Crippen LogP contribution is -2.48. The van der Waals surface area contributed by atoms with E-state index in [0.29, 0.717) is 31.3 Å². The van der Waals surface area contributed by atoms with Gasteiger partial charge in [0.05, 0.1) is 25.4 Å². The zero-order valence-electron chi connectivity index (χ0n) is 21.4. The van der Waals surface area contributed by atoms with Crippen molar-refractivity contribution in [1.29, 1.82) is 0 Å². The number of hydrogen-bond acceptors (Lipinski definition) is 5. The molecular weight excluding hydrogens is 494 g/mol. The number of hydrogen-bond donors (Lipinski definition) is 1. The van der Waals surface area contributed by atoms with Gasteiger partial charge < -0.3 is 24.3 Å². The van der Waals surface area contributed by atoms with Crippen LogP contribution in [0.4, 0.5) is 19.3 Å². The van der Waals surface area contributed by atoms with Crippen LogP contribution < -0.4 is 5.32 Å². The fourth-order valence-electron chi connectivity index (χ4n) is 4.16. The van der Waals surface area contributed by atoms with Crippen LogP contribution in [0.1, 0.15) is 17.1 Å². The molecule has 0 atom stereocenters. The normalized spacial score (nSPS) is 13.8. The summed E-state index contributed by atoms with van der Waals surface area (Å²) in [4.78, 5) is 31.9. The standard InChI is InChI=1S/C28H32F2N4O4/c1-21-6-11-24(38-21)19-34(18-22-7-9-23(29)10-8-22)27(35)20-33(13-12-32-14-16-37-17-15-32)28(36)31-26-5-3-2-4-25(26)30/h2-11H,12-20H2,1H3,(H,31,36). The third-order valence-corrected chi connectivity index (χ3v) is 6.30. The maximum Gasteiger partial charge on any atom is 0.322 e. The number of morpholine rings is 1. The number of rotatable bonds is 10. The van der Waals surface area contributed by atoms with Crippen molar-refractivity contribution >= 4 is 17.6 Å². The number of carbonyl (C=O) groups excluding carboxylic acids is 2. The molecule has 1 aromatic heterocycles. The van der Waals surface area contributed by atoms with Crippen molar-refractivity contribution < 1.29 is 27.5 Å². The van der Waals surface area contributed by atoms with E-state index in [-0.39, 0.29) is 43.6 Å². The Balaban J connectivity index is 1.51. The van der Waals surface area contributed by atoms with Crippen LogP contribution in [-0.4, -0.2) is 72.6 Å². The minimum Gasteiger partial charge on any atom is -0.464 e. The van der Waals surface area contributed by atoms with E-state index in [2.05, 4.69) is 10.2 Å². The number of urea groups is 1. The van der Waals surface area contributed by atoms with E-state index < -0.39 is 11.8 Å². The lowest BCUT2D eigenvalue weighted by atomic mass is 10.2. The van der Waals surface area contributed by atoms with Crippen LogP contribution in [0, 0.1) is 18.6 Å². The van der Waals surface area contributed by atoms with Crippen LogP contribution in [-0.2, 0) is 22.6 Å². The van der Waals surface area contributed by atoms with Crippen molar-refractivity contribution in [3.8, 4) is 0 Å². The van der Waals surface area contributed by atoms with E-state index in [1.807, 2.05) is 13.0 Å². The van der Waals surface area contributed by atoms with E-state index in [1.165, 1.54) is 35.2 Å². The van der Waals surface area contributed by atoms with Crippen LogP contribution in [0.2, 0.25) is 0 Å². The quantitative estimate of drug-likeness (QED) is 0.427. The molecule has 0 bridgehead atoms. The number of amides is 3. The highest BCUT2D eigenvalue weighted by molar-refractivity contribution is 5.92. The van der Waals surface area contributed by atoms with Crippen molar-refractivity contribution in [2.24, 2.45) is 0 Å². The molecule has 1 aliphatic rings. The van der Waals surface area contributed by atoms with E-state index in [4.69, 9.17) is 9.15 Å². The van der Waals surface area contributed by atoms with E-state index >= 15 is 0 Å². The molecule has 10 heteroatoms. The van der Waals surface area contributed by atoms with Crippen LogP contribution in [0.25, 0.3) is 0 Å². The van der Waals surface area contributed by atoms with Crippen molar-refractivity contribution in [3.63, 3.8) is 0 Å². The van der Waals surface area contributed by atoms with E-state index in [1.54, 1.807) is 29.2 Å². The Morgan fingerprint density at radius 3 is 2.37 bits per heavy atom. The summed E-state index contributed by atoms with van der Waals surface area (Å²) in [6, 6.07) is 14.8. The largest absolute Gasteiger partial charge is 0.464 e. The predicted molar refractivity (Wildman–Crippen MR) is 138 cm³/mol. The minimum atomic E-state index is -0.577. The molecule has 3 aromatic rings. The summed E-state index contributed by atoms with van der Waals surface area (Å²) in [6.45, 7) is 5.43. The van der Waals surface area contributed by atoms with Crippen molar-refractivity contribution in [2.45, 2.75) is 20.0 Å². The molecule has 2 aromatic carbocycles. The molecule has 1 N–H and O–H groups in total. The van der Waals surface area contributed by atoms with Gasteiger partial charge in [0, 0.05) is 32.7 Å². The number of halogens is 2. The average Bonchev–Trinajstić information content (AvgIpc) is 3.33. The van der Waals surface area contributed by atoms with Crippen molar-refractivity contribution in [3.05, 3.63) is 89.4 Å². The second-order valence-corrected chi connectivity index (χ2v) is 9.17. The van der Waals surface area contributed by atoms with Crippen LogP contribution >= 0.6 is 0 Å². The minimum absolute atomic E-state index is 0.0375. The number of aryl methyl sites for hydroxylation is 1. The number of carbonyl (C=O) groups is 2. The number of nitrogens with one attached hydrogen (secondary N) is 1. The summed E-state index contributed by atoms with van der Waals surface area (Å²) in [5, 5.41) is 2.59. The molecule has 1 aliphatic heterocycles. The number of benzene rings is 2. The predicted octanol–water partition coefficient (Wildman–Crippen LogP) is 4.26. The molecule has 4 rings (SSSR count). The van der Waals surface area contributed by atoms with E-state index in [9.17, 15) is 18.4 Å². The SMILES string of the molecule is Cc1ccc(CN(Cc2ccc(F)cc2)C(=O)CN(CCN2CCOCC2)C(=O)Nc2ccccc2F)o1. The second kappa shape index (κ2) is 13.2. The van der Waals surface area contributed by atoms with Gasteiger partial charge in [-0.2, -0.15) is 0 Å². The highest BCUT2D eigenvalue weighted by Crippen LogP contribution is 2.16. The van der Waals surface area contributed by atoms with Gasteiger partial charge in [0.1, 0.15) is 29.7 Å². The van der Waals surface area contributed by atoms with E-state index in [0.717, 1.165) is 18.7 Å². The third kappa shape index (κ3) is 7.87. The summed E-state index contributed by atoms with van der Waals surface area (Å²) in [5.41, 5.74) is 0.772. The summed E-state index contributed by atoms with van der Waals surface area (Å²) in [6.07, 6.45) is 0. The number of para-hydroxylation sites is 1. The smallest absolute Gasteiger partial charge is 0.322 e. The molecular formula is C28H32F2N4O4. The van der Waals surface area contributed by atoms with Crippen molar-refractivity contribution in [2.75, 3.05) is 51.3 Å². The zero-order valence-corrected chi connectivity index (χ0v) is 21.4. The summed E-state index contributed by atoms with van der Waals surface area (Å²) < 4.78 is 38.8. The lowest BCUT2D eigenvalue weighted by molar-refractivity contribution is -0.133. The van der Waals surface area contributed by atoms with Gasteiger partial charge in [0.2, 0.25) is 5.91 Å². The first kappa shape index (κ1) is 27.3. The Labute approximate surface area is 220 Å². The van der Waals surface area contributed by atoms with Crippen LogP contribution in [0.5, 0.6) is 0 Å². The molecule has 0 aliphatic carbocycles. The molecule has 0 unspecified atom stereocenters. The molecule has 38 heavy (non-hydrogen) atoms. The monoisotopic (exact) mass is 526 g/mol. The van der Waals surface area contributed by atoms with Crippen LogP contribution in [0.15, 0.2) is 65.1 Å². The second-order valence-electron chi connectivity index (χ2n) is 9.17. The highest BCUT2D eigenvalue weighted by atomic mass is 19.1. The Bertz CT molecular complexity index is 1210. The molecule has 202 valence electrons. The maximum absolute atomic E-state index is 14.2. The Hall–Kier alpha value is -3.76. The zero-order chi connectivity index (χ0) is 26.9. The van der Waals surface area contributed by atoms with Gasteiger partial charge in [-0.1, -0.05) is 24.3 Å². The lowest BCUT2D eigenvalue weighted by Gasteiger charge is -2.31. The molecule has 0 radical (unpaired) electrons. The fourth-order valence-corrected chi connectivity index (χ4v) is 4.16. The number of ether oxygens (including phenoxy) is 1. The van der Waals surface area contributed by atoms with Gasteiger partial charge >= 0.3 is 6.03 Å². The number of anilines is 1. The Morgan fingerprint density at radius 1 is 0.947 bits per heavy atom. The first-order valence-electron chi connectivity index (χ1n) is 12.6. The molecule has 8 nitrogen and oxygen atoms in total. The highest BCUT2D eigenvalue weighted by Gasteiger charge is 2.24. The maximum atomic E-state index is 14.2. The molecule has 3 amide bonds. The molecule has 1 fully saturated rings. The molecule has 0 spiro atoms. The summed E-state index contributed by atoms with van der Waals surface area (Å²) >= 11 is 0. The Morgan fingerprint density at radius 2 is 1.68 bits per heavy atom. The van der Waals surface area contributed by atoms with Crippen LogP contribution in [0.3, 0.4) is 0 Å². The summed E-state index contributed by atoms with van der Waals surface area (Å²) in [7, 11) is 0. The topological polar surface area (TPSA) is 78.3 Å². The van der Waals surface area contributed by atoms with Gasteiger partial charge in [-0.05, 0) is 48.9 Å². The fraction of sp³-hybridized carbons (Fsp3) is 0.357. The van der Waals surface area contributed by atoms with Gasteiger partial charge in [0.25, 0.3) is 0 Å². The van der Waals surface area contributed by atoms with Crippen molar-refractivity contribution in [1.82, 2.24) is 14.7 Å². The van der Waals surface area contributed by atoms with Gasteiger partial charge in [-0.15, -0.1) is 0 Å². The van der Waals surface area contributed by atoms with Gasteiger partial charge in [0.15, 0.2) is 0 Å². The first-order chi connectivity index (χ1) is 18.4. The Kier molecular flexibility index (Phi) is 9.45. The van der Waals surface area contributed by atoms with Gasteiger partial charge in [-0.25, -0.2) is 13.6 Å².